The monoisotopic (exact) mass is 266 g/mol. The van der Waals surface area contributed by atoms with Gasteiger partial charge in [0.25, 0.3) is 0 Å². The number of aryl methyl sites for hydroxylation is 1. The van der Waals surface area contributed by atoms with E-state index in [9.17, 15) is 0 Å². The van der Waals surface area contributed by atoms with E-state index in [2.05, 4.69) is 9.97 Å². The normalized spacial score (nSPS) is 9.36. The largest absolute Gasteiger partial charge is 0.481 e. The molecule has 0 bridgehead atoms. The molecule has 0 aliphatic heterocycles. The fraction of sp³-hybridized carbons (Fsp3) is 0.333. The Balaban J connectivity index is 3.02. The summed E-state index contributed by atoms with van der Waals surface area (Å²) in [5.41, 5.74) is 0.823. The van der Waals surface area contributed by atoms with Crippen molar-refractivity contribution in [2.24, 2.45) is 0 Å². The van der Waals surface area contributed by atoms with Crippen LogP contribution in [0.4, 0.5) is 0 Å². The number of ether oxygens (including phenoxy) is 1. The minimum atomic E-state index is 0.322. The first-order chi connectivity index (χ1) is 5.26. The Morgan fingerprint density at radius 2 is 2.18 bits per heavy atom. The van der Waals surface area contributed by atoms with Crippen LogP contribution in [0.2, 0.25) is 0 Å². The van der Waals surface area contributed by atoms with Crippen molar-refractivity contribution in [1.82, 2.24) is 9.97 Å². The second-order valence-electron chi connectivity index (χ2n) is 1.91. The van der Waals surface area contributed by atoms with Crippen LogP contribution in [0.1, 0.15) is 5.69 Å². The predicted molar refractivity (Wildman–Crippen MR) is 48.0 cm³/mol. The van der Waals surface area contributed by atoms with Gasteiger partial charge in [-0.3, -0.25) is 0 Å². The lowest BCUT2D eigenvalue weighted by Gasteiger charge is -2.00. The maximum Gasteiger partial charge on any atom is 0.329 e. The van der Waals surface area contributed by atoms with Crippen molar-refractivity contribution < 1.29 is 7.80 Å². The predicted octanol–water partition coefficient (Wildman–Crippen LogP) is 1.52. The molecule has 0 spiro atoms. The van der Waals surface area contributed by atoms with Gasteiger partial charge in [0.05, 0.1) is 7.11 Å². The van der Waals surface area contributed by atoms with Gasteiger partial charge in [0.15, 0.2) is 23.0 Å². The summed E-state index contributed by atoms with van der Waals surface area (Å²) in [6.07, 6.45) is 0. The second-order valence-corrected chi connectivity index (χ2v) is 2.35. The molecule has 0 unspecified atom stereocenters. The number of methoxy groups -OCH3 is 1. The highest BCUT2D eigenvalue weighted by molar-refractivity contribution is 14.1. The van der Waals surface area contributed by atoms with E-state index in [0.29, 0.717) is 11.9 Å². The molecule has 4 nitrogen and oxygen atoms in total. The Kier molecular flexibility index (Phi) is 2.86. The number of halogens is 1. The molecule has 5 heteroatoms. The summed E-state index contributed by atoms with van der Waals surface area (Å²) in [4.78, 5) is 7.89. The van der Waals surface area contributed by atoms with Crippen molar-refractivity contribution in [2.75, 3.05) is 7.11 Å². The van der Waals surface area contributed by atoms with Crippen LogP contribution in [0.5, 0.6) is 11.9 Å². The summed E-state index contributed by atoms with van der Waals surface area (Å²) >= 11 is 1.72. The van der Waals surface area contributed by atoms with Gasteiger partial charge in [0.1, 0.15) is 0 Å². The summed E-state index contributed by atoms with van der Waals surface area (Å²) in [6, 6.07) is 2.06. The van der Waals surface area contributed by atoms with Crippen molar-refractivity contribution in [3.05, 3.63) is 11.8 Å². The minimum Gasteiger partial charge on any atom is -0.481 e. The third-order valence-corrected chi connectivity index (χ3v) is 1.48. The van der Waals surface area contributed by atoms with Gasteiger partial charge in [0.2, 0.25) is 5.88 Å². The molecule has 0 aliphatic carbocycles. The van der Waals surface area contributed by atoms with Crippen LogP contribution in [0, 0.1) is 6.92 Å². The van der Waals surface area contributed by atoms with E-state index >= 15 is 0 Å². The number of rotatable bonds is 2. The van der Waals surface area contributed by atoms with Crippen LogP contribution < -0.4 is 7.80 Å². The maximum absolute atomic E-state index is 4.90. The van der Waals surface area contributed by atoms with Crippen LogP contribution in [0.25, 0.3) is 0 Å². The Hall–Kier alpha value is -0.590. The lowest BCUT2D eigenvalue weighted by Crippen LogP contribution is -1.93. The lowest BCUT2D eigenvalue weighted by atomic mass is 10.4. The van der Waals surface area contributed by atoms with Crippen molar-refractivity contribution in [3.8, 4) is 11.9 Å². The molecule has 0 aliphatic rings. The van der Waals surface area contributed by atoms with Crippen LogP contribution in [0.15, 0.2) is 6.07 Å². The van der Waals surface area contributed by atoms with E-state index in [1.54, 1.807) is 36.2 Å². The van der Waals surface area contributed by atoms with E-state index in [0.717, 1.165) is 5.69 Å². The van der Waals surface area contributed by atoms with E-state index in [1.165, 1.54) is 0 Å². The molecule has 11 heavy (non-hydrogen) atoms. The Labute approximate surface area is 78.6 Å². The quantitative estimate of drug-likeness (QED) is 0.761. The SMILES string of the molecule is COc1cc(C)nc(OI)n1. The summed E-state index contributed by atoms with van der Waals surface area (Å²) in [7, 11) is 1.55. The zero-order valence-electron chi connectivity index (χ0n) is 6.17. The maximum atomic E-state index is 4.90. The van der Waals surface area contributed by atoms with E-state index in [-0.39, 0.29) is 0 Å². The molecule has 1 rings (SSSR count). The smallest absolute Gasteiger partial charge is 0.329 e. The van der Waals surface area contributed by atoms with E-state index < -0.39 is 0 Å². The van der Waals surface area contributed by atoms with Gasteiger partial charge in [-0.25, -0.2) is 0 Å². The standard InChI is InChI=1S/C6H7IN2O2/c1-4-3-5(10-2)9-6(8-4)11-7/h3H,1-2H3. The van der Waals surface area contributed by atoms with Crippen molar-refractivity contribution in [3.63, 3.8) is 0 Å². The highest BCUT2D eigenvalue weighted by Gasteiger charge is 2.00. The Bertz CT molecular complexity index is 232. The molecule has 0 N–H and O–H groups in total. The first-order valence-corrected chi connectivity index (χ1v) is 3.82. The molecule has 0 aromatic carbocycles. The zero-order valence-corrected chi connectivity index (χ0v) is 8.32. The van der Waals surface area contributed by atoms with Crippen LogP contribution in [-0.4, -0.2) is 17.1 Å². The average molecular weight is 266 g/mol. The molecule has 0 atom stereocenters. The van der Waals surface area contributed by atoms with Crippen LogP contribution in [0.3, 0.4) is 0 Å². The summed E-state index contributed by atoms with van der Waals surface area (Å²) in [5, 5.41) is 0. The van der Waals surface area contributed by atoms with Gasteiger partial charge in [-0.15, -0.1) is 0 Å². The Morgan fingerprint density at radius 3 is 2.73 bits per heavy atom. The summed E-state index contributed by atoms with van der Waals surface area (Å²) < 4.78 is 9.71. The molecule has 1 aromatic heterocycles. The number of aromatic nitrogens is 2. The average Bonchev–Trinajstić information content (AvgIpc) is 2.03. The highest BCUT2D eigenvalue weighted by atomic mass is 127. The second kappa shape index (κ2) is 3.70. The molecule has 60 valence electrons. The molecule has 0 amide bonds. The van der Waals surface area contributed by atoms with Gasteiger partial charge in [-0.1, -0.05) is 0 Å². The molecule has 0 saturated heterocycles. The fourth-order valence-electron chi connectivity index (χ4n) is 0.652. The number of hydrogen-bond acceptors (Lipinski definition) is 4. The van der Waals surface area contributed by atoms with Gasteiger partial charge in [-0.05, 0) is 6.92 Å². The van der Waals surface area contributed by atoms with Gasteiger partial charge in [0, 0.05) is 11.8 Å². The van der Waals surface area contributed by atoms with Gasteiger partial charge >= 0.3 is 6.01 Å². The highest BCUT2D eigenvalue weighted by Crippen LogP contribution is 2.13. The molecule has 0 fully saturated rings. The van der Waals surface area contributed by atoms with E-state index in [4.69, 9.17) is 7.80 Å². The van der Waals surface area contributed by atoms with Crippen LogP contribution >= 0.6 is 23.0 Å². The molecule has 1 aromatic rings. The van der Waals surface area contributed by atoms with Crippen molar-refractivity contribution in [2.45, 2.75) is 6.92 Å². The third-order valence-electron chi connectivity index (χ3n) is 1.09. The van der Waals surface area contributed by atoms with E-state index in [1.807, 2.05) is 6.92 Å². The van der Waals surface area contributed by atoms with Crippen molar-refractivity contribution >= 4 is 23.0 Å². The topological polar surface area (TPSA) is 44.2 Å². The molecule has 0 radical (unpaired) electrons. The molecule has 1 heterocycles. The zero-order chi connectivity index (χ0) is 8.27. The summed E-state index contributed by atoms with van der Waals surface area (Å²) in [5.74, 6) is 0.518. The van der Waals surface area contributed by atoms with Gasteiger partial charge < -0.3 is 7.80 Å². The number of hydrogen-bond donors (Lipinski definition) is 0. The fourth-order valence-corrected chi connectivity index (χ4v) is 0.849. The first kappa shape index (κ1) is 8.51. The Morgan fingerprint density at radius 1 is 1.45 bits per heavy atom. The molecular weight excluding hydrogens is 259 g/mol. The van der Waals surface area contributed by atoms with Crippen LogP contribution in [-0.2, 0) is 0 Å². The minimum absolute atomic E-state index is 0.322. The first-order valence-electron chi connectivity index (χ1n) is 2.94. The lowest BCUT2D eigenvalue weighted by molar-refractivity contribution is 0.391. The molecule has 0 saturated carbocycles. The van der Waals surface area contributed by atoms with Crippen molar-refractivity contribution in [1.29, 1.82) is 0 Å². The summed E-state index contributed by atoms with van der Waals surface area (Å²) in [6.45, 7) is 1.85. The molecular formula is C6H7IN2O2. The van der Waals surface area contributed by atoms with Gasteiger partial charge in [-0.2, -0.15) is 9.97 Å². The number of nitrogens with zero attached hydrogens (tertiary/aromatic N) is 2. The third kappa shape index (κ3) is 2.18.